The first kappa shape index (κ1) is 12.7. The van der Waals surface area contributed by atoms with Crippen LogP contribution >= 0.6 is 0 Å². The second-order valence-corrected chi connectivity index (χ2v) is 6.35. The lowest BCUT2D eigenvalue weighted by Gasteiger charge is -2.46. The van der Waals surface area contributed by atoms with E-state index in [4.69, 9.17) is 4.52 Å². The molecule has 6 nitrogen and oxygen atoms in total. The quantitative estimate of drug-likeness (QED) is 0.861. The van der Waals surface area contributed by atoms with Gasteiger partial charge in [-0.2, -0.15) is 4.98 Å². The number of aromatic nitrogens is 2. The average Bonchev–Trinajstić information content (AvgIpc) is 2.99. The first-order valence-electron chi connectivity index (χ1n) is 7.77. The van der Waals surface area contributed by atoms with Gasteiger partial charge >= 0.3 is 0 Å². The van der Waals surface area contributed by atoms with Crippen LogP contribution in [0.3, 0.4) is 0 Å². The molecule has 1 unspecified atom stereocenters. The third-order valence-electron chi connectivity index (χ3n) is 5.08. The maximum absolute atomic E-state index is 9.58. The van der Waals surface area contributed by atoms with Crippen molar-refractivity contribution in [3.8, 4) is 0 Å². The highest BCUT2D eigenvalue weighted by atomic mass is 16.5. The zero-order valence-corrected chi connectivity index (χ0v) is 11.7. The number of fused-ring (bicyclic) bond motifs is 3. The van der Waals surface area contributed by atoms with E-state index in [0.717, 1.165) is 57.0 Å². The molecule has 1 atom stereocenters. The highest BCUT2D eigenvalue weighted by Crippen LogP contribution is 2.33. The van der Waals surface area contributed by atoms with Crippen LogP contribution in [0, 0.1) is 0 Å². The van der Waals surface area contributed by atoms with Crippen LogP contribution in [-0.4, -0.2) is 63.9 Å². The number of piperazine rings is 3. The van der Waals surface area contributed by atoms with Gasteiger partial charge in [0.2, 0.25) is 5.89 Å². The molecule has 0 aromatic carbocycles. The van der Waals surface area contributed by atoms with Crippen molar-refractivity contribution in [2.24, 2.45) is 0 Å². The predicted molar refractivity (Wildman–Crippen MR) is 72.3 cm³/mol. The van der Waals surface area contributed by atoms with E-state index in [-0.39, 0.29) is 6.10 Å². The van der Waals surface area contributed by atoms with Crippen LogP contribution in [0.15, 0.2) is 4.52 Å². The van der Waals surface area contributed by atoms with Crippen molar-refractivity contribution in [1.29, 1.82) is 0 Å². The second-order valence-electron chi connectivity index (χ2n) is 6.35. The van der Waals surface area contributed by atoms with Crippen molar-refractivity contribution >= 4 is 0 Å². The molecule has 0 amide bonds. The molecule has 1 aromatic rings. The number of hydrogen-bond donors (Lipinski definition) is 1. The topological polar surface area (TPSA) is 65.6 Å². The Kier molecular flexibility index (Phi) is 3.24. The lowest BCUT2D eigenvalue weighted by atomic mass is 9.87. The maximum Gasteiger partial charge on any atom is 0.229 e. The summed E-state index contributed by atoms with van der Waals surface area (Å²) in [7, 11) is 0. The van der Waals surface area contributed by atoms with Crippen molar-refractivity contribution in [1.82, 2.24) is 19.9 Å². The molecule has 5 rings (SSSR count). The van der Waals surface area contributed by atoms with Gasteiger partial charge in [0, 0.05) is 38.6 Å². The zero-order valence-electron chi connectivity index (χ0n) is 11.7. The van der Waals surface area contributed by atoms with E-state index >= 15 is 0 Å². The fourth-order valence-corrected chi connectivity index (χ4v) is 3.73. The van der Waals surface area contributed by atoms with Crippen LogP contribution in [0.2, 0.25) is 0 Å². The Morgan fingerprint density at radius 3 is 2.45 bits per heavy atom. The average molecular weight is 278 g/mol. The molecule has 0 radical (unpaired) electrons. The smallest absolute Gasteiger partial charge is 0.229 e. The summed E-state index contributed by atoms with van der Waals surface area (Å²) in [5.74, 6) is 1.98. The Bertz CT molecular complexity index is 461. The summed E-state index contributed by atoms with van der Waals surface area (Å²) in [5.41, 5.74) is 0. The minimum atomic E-state index is -0.137. The lowest BCUT2D eigenvalue weighted by Crippen LogP contribution is -2.57. The van der Waals surface area contributed by atoms with Gasteiger partial charge in [-0.1, -0.05) is 5.16 Å². The van der Waals surface area contributed by atoms with E-state index in [1.54, 1.807) is 0 Å². The summed E-state index contributed by atoms with van der Waals surface area (Å²) in [6.45, 7) is 5.60. The molecule has 1 aromatic heterocycles. The summed E-state index contributed by atoms with van der Waals surface area (Å²) in [6, 6.07) is 0.309. The number of nitrogens with zero attached hydrogens (tertiary/aromatic N) is 4. The highest BCUT2D eigenvalue weighted by Gasteiger charge is 2.36. The summed E-state index contributed by atoms with van der Waals surface area (Å²) in [4.78, 5) is 9.63. The predicted octanol–water partition coefficient (Wildman–Crippen LogP) is 0.760. The van der Waals surface area contributed by atoms with Gasteiger partial charge in [0.15, 0.2) is 5.82 Å². The minimum absolute atomic E-state index is 0.137. The zero-order chi connectivity index (χ0) is 13.5. The Morgan fingerprint density at radius 1 is 1.05 bits per heavy atom. The van der Waals surface area contributed by atoms with Crippen LogP contribution < -0.4 is 0 Å². The summed E-state index contributed by atoms with van der Waals surface area (Å²) >= 11 is 0. The normalized spacial score (nSPS) is 41.0. The van der Waals surface area contributed by atoms with Crippen molar-refractivity contribution < 1.29 is 9.63 Å². The molecule has 110 valence electrons. The molecule has 20 heavy (non-hydrogen) atoms. The van der Waals surface area contributed by atoms with Crippen molar-refractivity contribution in [3.05, 3.63) is 11.7 Å². The van der Waals surface area contributed by atoms with E-state index in [1.165, 1.54) is 13.1 Å². The van der Waals surface area contributed by atoms with Gasteiger partial charge < -0.3 is 9.63 Å². The van der Waals surface area contributed by atoms with Crippen LogP contribution in [-0.2, 0) is 0 Å². The Morgan fingerprint density at radius 2 is 1.80 bits per heavy atom. The van der Waals surface area contributed by atoms with Crippen LogP contribution in [0.25, 0.3) is 0 Å². The summed E-state index contributed by atoms with van der Waals surface area (Å²) in [5, 5.41) is 13.8. The van der Waals surface area contributed by atoms with Gasteiger partial charge in [-0.15, -0.1) is 0 Å². The lowest BCUT2D eigenvalue weighted by molar-refractivity contribution is 0.00781. The summed E-state index contributed by atoms with van der Waals surface area (Å²) < 4.78 is 5.51. The first-order valence-corrected chi connectivity index (χ1v) is 7.77. The minimum Gasteiger partial charge on any atom is -0.393 e. The SMILES string of the molecule is OC1CCC(c2nc(C3CN4CCN3CC4)no2)CC1. The van der Waals surface area contributed by atoms with E-state index < -0.39 is 0 Å². The van der Waals surface area contributed by atoms with Gasteiger partial charge in [-0.3, -0.25) is 9.80 Å². The molecular weight excluding hydrogens is 256 g/mol. The molecule has 4 heterocycles. The Labute approximate surface area is 118 Å². The molecule has 1 N–H and O–H groups in total. The number of hydrogen-bond acceptors (Lipinski definition) is 6. The molecule has 6 heteroatoms. The van der Waals surface area contributed by atoms with E-state index in [0.29, 0.717) is 12.0 Å². The van der Waals surface area contributed by atoms with Crippen LogP contribution in [0.5, 0.6) is 0 Å². The number of aliphatic hydroxyl groups excluding tert-OH is 1. The van der Waals surface area contributed by atoms with Crippen molar-refractivity contribution in [3.63, 3.8) is 0 Å². The van der Waals surface area contributed by atoms with E-state index in [2.05, 4.69) is 19.9 Å². The maximum atomic E-state index is 9.58. The molecular formula is C14H22N4O2. The van der Waals surface area contributed by atoms with Gasteiger partial charge in [0.05, 0.1) is 12.1 Å². The fraction of sp³-hybridized carbons (Fsp3) is 0.857. The van der Waals surface area contributed by atoms with Gasteiger partial charge in [0.1, 0.15) is 0 Å². The largest absolute Gasteiger partial charge is 0.393 e. The summed E-state index contributed by atoms with van der Waals surface area (Å²) in [6.07, 6.45) is 3.49. The Hall–Kier alpha value is -0.980. The third kappa shape index (κ3) is 2.25. The van der Waals surface area contributed by atoms with Crippen molar-refractivity contribution in [2.45, 2.75) is 43.7 Å². The standard InChI is InChI=1S/C14H22N4O2/c19-11-3-1-10(2-4-11)14-15-13(16-20-14)12-9-17-5-7-18(12)8-6-17/h10-12,19H,1-9H2. The van der Waals surface area contributed by atoms with Gasteiger partial charge in [-0.25, -0.2) is 0 Å². The molecule has 4 fully saturated rings. The highest BCUT2D eigenvalue weighted by molar-refractivity contribution is 5.04. The van der Waals surface area contributed by atoms with E-state index in [9.17, 15) is 5.11 Å². The molecule has 3 saturated heterocycles. The number of rotatable bonds is 2. The number of aliphatic hydroxyl groups is 1. The van der Waals surface area contributed by atoms with Crippen LogP contribution in [0.4, 0.5) is 0 Å². The molecule has 4 aliphatic rings. The first-order chi connectivity index (χ1) is 9.79. The Balaban J connectivity index is 1.48. The van der Waals surface area contributed by atoms with E-state index in [1.807, 2.05) is 0 Å². The second kappa shape index (κ2) is 5.09. The molecule has 0 spiro atoms. The molecule has 1 aliphatic carbocycles. The van der Waals surface area contributed by atoms with Gasteiger partial charge in [-0.05, 0) is 25.7 Å². The van der Waals surface area contributed by atoms with Crippen molar-refractivity contribution in [2.75, 3.05) is 32.7 Å². The molecule has 2 bridgehead atoms. The van der Waals surface area contributed by atoms with Crippen LogP contribution in [0.1, 0.15) is 49.4 Å². The monoisotopic (exact) mass is 278 g/mol. The fourth-order valence-electron chi connectivity index (χ4n) is 3.73. The molecule has 3 aliphatic heterocycles. The third-order valence-corrected chi connectivity index (χ3v) is 5.08. The molecule has 1 saturated carbocycles. The van der Waals surface area contributed by atoms with Gasteiger partial charge in [0.25, 0.3) is 0 Å².